The van der Waals surface area contributed by atoms with Crippen LogP contribution in [-0.4, -0.2) is 5.91 Å². The molecule has 0 saturated carbocycles. The summed E-state index contributed by atoms with van der Waals surface area (Å²) >= 11 is 6.31. The summed E-state index contributed by atoms with van der Waals surface area (Å²) in [7, 11) is 0. The Balaban J connectivity index is 2.01. The highest BCUT2D eigenvalue weighted by Crippen LogP contribution is 2.37. The monoisotopic (exact) mass is 343 g/mol. The highest BCUT2D eigenvalue weighted by Gasteiger charge is 2.37. The van der Waals surface area contributed by atoms with E-state index in [0.717, 1.165) is 17.0 Å². The number of allylic oxidation sites excluding steroid dienone is 1. The maximum atomic E-state index is 13.3. The maximum absolute atomic E-state index is 13.3. The van der Waals surface area contributed by atoms with Crippen molar-refractivity contribution in [1.82, 2.24) is 10.6 Å². The summed E-state index contributed by atoms with van der Waals surface area (Å²) in [6.07, 6.45) is 4.20. The van der Waals surface area contributed by atoms with Crippen LogP contribution in [0.5, 0.6) is 0 Å². The van der Waals surface area contributed by atoms with Gasteiger partial charge in [-0.05, 0) is 35.5 Å². The third-order valence-electron chi connectivity index (χ3n) is 4.02. The summed E-state index contributed by atoms with van der Waals surface area (Å²) in [5.41, 5.74) is 0.838. The Morgan fingerprint density at radius 3 is 2.58 bits per heavy atom. The zero-order valence-corrected chi connectivity index (χ0v) is 13.9. The average Bonchev–Trinajstić information content (AvgIpc) is 2.55. The molecule has 0 saturated heterocycles. The molecule has 1 aliphatic rings. The van der Waals surface area contributed by atoms with E-state index in [9.17, 15) is 9.18 Å². The molecule has 0 aromatic heterocycles. The van der Waals surface area contributed by atoms with Crippen molar-refractivity contribution >= 4 is 17.5 Å². The number of benzene rings is 2. The fraction of sp³-hybridized carbons (Fsp3) is 0.158. The van der Waals surface area contributed by atoms with E-state index >= 15 is 0 Å². The molecule has 1 unspecified atom stereocenters. The minimum atomic E-state index is -0.844. The van der Waals surface area contributed by atoms with Gasteiger partial charge in [-0.15, -0.1) is 0 Å². The molecule has 1 radical (unpaired) electrons. The quantitative estimate of drug-likeness (QED) is 0.887. The first-order chi connectivity index (χ1) is 11.5. The Labute approximate surface area is 145 Å². The van der Waals surface area contributed by atoms with Crippen LogP contribution in [0.25, 0.3) is 0 Å². The Kier molecular flexibility index (Phi) is 4.58. The summed E-state index contributed by atoms with van der Waals surface area (Å²) in [6.45, 7) is 1.46. The molecule has 0 fully saturated rings. The van der Waals surface area contributed by atoms with Crippen LogP contribution in [0.2, 0.25) is 5.02 Å². The van der Waals surface area contributed by atoms with Gasteiger partial charge in [-0.2, -0.15) is 0 Å². The predicted octanol–water partition coefficient (Wildman–Crippen LogP) is 3.90. The van der Waals surface area contributed by atoms with Crippen molar-refractivity contribution in [2.24, 2.45) is 0 Å². The number of halogens is 2. The lowest BCUT2D eigenvalue weighted by Gasteiger charge is -2.40. The summed E-state index contributed by atoms with van der Waals surface area (Å²) in [6, 6.07) is 13.7. The lowest BCUT2D eigenvalue weighted by Crippen LogP contribution is -2.56. The molecule has 2 aromatic rings. The van der Waals surface area contributed by atoms with Crippen molar-refractivity contribution in [1.29, 1.82) is 0 Å². The number of carbonyl (C=O) groups excluding carboxylic acids is 1. The molecule has 0 spiro atoms. The number of carbonyl (C=O) groups is 1. The number of nitrogens with one attached hydrogen (secondary N) is 2. The molecule has 3 nitrogen and oxygen atoms in total. The SMILES string of the molecule is CC(=O)NC1(c2ccc(F)cc2)C[C](c2ccccc2Cl)C=CN1. The summed E-state index contributed by atoms with van der Waals surface area (Å²) in [5, 5.41) is 6.83. The second-order valence-electron chi connectivity index (χ2n) is 5.75. The van der Waals surface area contributed by atoms with Crippen LogP contribution in [0.4, 0.5) is 4.39 Å². The third kappa shape index (κ3) is 3.29. The summed E-state index contributed by atoms with van der Waals surface area (Å²) in [5.74, 6) is 0.483. The summed E-state index contributed by atoms with van der Waals surface area (Å²) in [4.78, 5) is 11.8. The molecular formula is C19H17ClFN2O. The Bertz CT molecular complexity index is 775. The van der Waals surface area contributed by atoms with Gasteiger partial charge in [-0.25, -0.2) is 4.39 Å². The smallest absolute Gasteiger partial charge is 0.218 e. The van der Waals surface area contributed by atoms with Gasteiger partial charge >= 0.3 is 0 Å². The Morgan fingerprint density at radius 2 is 1.92 bits per heavy atom. The zero-order valence-electron chi connectivity index (χ0n) is 13.1. The van der Waals surface area contributed by atoms with E-state index in [1.54, 1.807) is 18.3 Å². The highest BCUT2D eigenvalue weighted by atomic mass is 35.5. The number of hydrogen-bond acceptors (Lipinski definition) is 2. The van der Waals surface area contributed by atoms with Crippen molar-refractivity contribution < 1.29 is 9.18 Å². The Morgan fingerprint density at radius 1 is 1.21 bits per heavy atom. The minimum absolute atomic E-state index is 0.180. The molecule has 0 aliphatic carbocycles. The van der Waals surface area contributed by atoms with Crippen molar-refractivity contribution in [3.63, 3.8) is 0 Å². The molecule has 5 heteroatoms. The molecule has 2 N–H and O–H groups in total. The van der Waals surface area contributed by atoms with Gasteiger partial charge in [0.05, 0.1) is 0 Å². The van der Waals surface area contributed by atoms with Crippen molar-refractivity contribution in [3.05, 3.63) is 88.7 Å². The lowest BCUT2D eigenvalue weighted by molar-refractivity contribution is -0.121. The van der Waals surface area contributed by atoms with Crippen molar-refractivity contribution in [2.75, 3.05) is 0 Å². The number of hydrogen-bond donors (Lipinski definition) is 2. The van der Waals surface area contributed by atoms with Gasteiger partial charge in [0.1, 0.15) is 11.5 Å². The van der Waals surface area contributed by atoms with Crippen LogP contribution in [0.15, 0.2) is 60.8 Å². The fourth-order valence-corrected chi connectivity index (χ4v) is 3.22. The van der Waals surface area contributed by atoms with Gasteiger partial charge < -0.3 is 10.6 Å². The second-order valence-corrected chi connectivity index (χ2v) is 6.16. The van der Waals surface area contributed by atoms with E-state index in [0.29, 0.717) is 11.4 Å². The standard InChI is InChI=1S/C19H17ClFN2O/c1-13(24)23-19(15-6-8-16(21)9-7-15)12-14(10-11-22-19)17-4-2-3-5-18(17)20/h2-11,22H,12H2,1H3,(H,23,24). The van der Waals surface area contributed by atoms with Gasteiger partial charge in [0, 0.05) is 24.3 Å². The van der Waals surface area contributed by atoms with Crippen molar-refractivity contribution in [3.8, 4) is 0 Å². The van der Waals surface area contributed by atoms with Gasteiger partial charge in [0.2, 0.25) is 5.91 Å². The highest BCUT2D eigenvalue weighted by molar-refractivity contribution is 6.31. The van der Waals surface area contributed by atoms with E-state index in [-0.39, 0.29) is 11.7 Å². The van der Waals surface area contributed by atoms with E-state index < -0.39 is 5.66 Å². The average molecular weight is 344 g/mol. The summed E-state index contributed by atoms with van der Waals surface area (Å²) < 4.78 is 13.3. The first-order valence-electron chi connectivity index (χ1n) is 7.60. The van der Waals surface area contributed by atoms with Gasteiger partial charge in [-0.1, -0.05) is 48.0 Å². The molecule has 1 heterocycles. The van der Waals surface area contributed by atoms with Gasteiger partial charge in [0.25, 0.3) is 0 Å². The topological polar surface area (TPSA) is 41.1 Å². The first-order valence-corrected chi connectivity index (χ1v) is 7.98. The molecule has 1 atom stereocenters. The molecule has 2 aromatic carbocycles. The molecule has 1 amide bonds. The molecule has 1 aliphatic heterocycles. The molecule has 24 heavy (non-hydrogen) atoms. The normalized spacial score (nSPS) is 20.5. The van der Waals surface area contributed by atoms with Crippen LogP contribution in [0.1, 0.15) is 24.5 Å². The van der Waals surface area contributed by atoms with Crippen LogP contribution < -0.4 is 10.6 Å². The molecule has 0 bridgehead atoms. The predicted molar refractivity (Wildman–Crippen MR) is 92.6 cm³/mol. The first kappa shape index (κ1) is 16.5. The molecule has 123 valence electrons. The van der Waals surface area contributed by atoms with E-state index in [1.165, 1.54) is 19.1 Å². The number of rotatable bonds is 3. The number of amides is 1. The fourth-order valence-electron chi connectivity index (χ4n) is 2.96. The van der Waals surface area contributed by atoms with E-state index in [4.69, 9.17) is 11.6 Å². The minimum Gasteiger partial charge on any atom is -0.365 e. The largest absolute Gasteiger partial charge is 0.365 e. The van der Waals surface area contributed by atoms with E-state index in [2.05, 4.69) is 10.6 Å². The van der Waals surface area contributed by atoms with Crippen LogP contribution in [-0.2, 0) is 10.5 Å². The van der Waals surface area contributed by atoms with E-state index in [1.807, 2.05) is 30.3 Å². The molecular weight excluding hydrogens is 327 g/mol. The van der Waals surface area contributed by atoms with Crippen LogP contribution in [0, 0.1) is 11.7 Å². The maximum Gasteiger partial charge on any atom is 0.218 e. The molecule has 3 rings (SSSR count). The third-order valence-corrected chi connectivity index (χ3v) is 4.35. The van der Waals surface area contributed by atoms with Gasteiger partial charge in [-0.3, -0.25) is 4.79 Å². The Hall–Kier alpha value is -2.33. The van der Waals surface area contributed by atoms with Crippen molar-refractivity contribution in [2.45, 2.75) is 19.0 Å². The lowest BCUT2D eigenvalue weighted by atomic mass is 9.82. The van der Waals surface area contributed by atoms with Crippen LogP contribution >= 0.6 is 11.6 Å². The second kappa shape index (κ2) is 6.65. The van der Waals surface area contributed by atoms with Crippen LogP contribution in [0.3, 0.4) is 0 Å². The zero-order chi connectivity index (χ0) is 17.2. The van der Waals surface area contributed by atoms with Gasteiger partial charge in [0.15, 0.2) is 0 Å².